The minimum atomic E-state index is -4.53. The van der Waals surface area contributed by atoms with Gasteiger partial charge in [-0.05, 0) is 18.6 Å². The summed E-state index contributed by atoms with van der Waals surface area (Å²) in [7, 11) is 0. The highest BCUT2D eigenvalue weighted by Crippen LogP contribution is 2.50. The van der Waals surface area contributed by atoms with Crippen molar-refractivity contribution in [2.45, 2.75) is 31.5 Å². The summed E-state index contributed by atoms with van der Waals surface area (Å²) in [5.74, 6) is -3.77. The zero-order chi connectivity index (χ0) is 16.0. The van der Waals surface area contributed by atoms with E-state index in [-0.39, 0.29) is 17.7 Å². The lowest BCUT2D eigenvalue weighted by Crippen LogP contribution is -2.46. The van der Waals surface area contributed by atoms with Gasteiger partial charge in [-0.3, -0.25) is 0 Å². The van der Waals surface area contributed by atoms with E-state index in [0.717, 1.165) is 19.1 Å². The van der Waals surface area contributed by atoms with Gasteiger partial charge in [-0.1, -0.05) is 25.6 Å². The molecule has 21 heavy (non-hydrogen) atoms. The van der Waals surface area contributed by atoms with E-state index in [1.807, 2.05) is 0 Å². The Bertz CT molecular complexity index is 566. The molecule has 1 aromatic rings. The first-order chi connectivity index (χ1) is 9.63. The molecule has 1 nitrogen and oxygen atoms in total. The smallest absolute Gasteiger partial charge is 0.365 e. The molecular weight excluding hydrogens is 291 g/mol. The van der Waals surface area contributed by atoms with Gasteiger partial charge in [-0.2, -0.15) is 13.2 Å². The average Bonchev–Trinajstić information content (AvgIpc) is 2.70. The van der Waals surface area contributed by atoms with E-state index < -0.39 is 35.2 Å². The van der Waals surface area contributed by atoms with Crippen LogP contribution in [0, 0.1) is 17.6 Å². The number of benzene rings is 1. The standard InChI is InChI=1S/C15H15F5O/c1-4-9-10(5-6-12(16)13(9)17)11-7-21-14(3,8(11)2)15(18,19)20/h4-6,8,11H,1,7H2,2-3H3/t8-,11+,14-/m0/s1. The largest absolute Gasteiger partial charge is 0.417 e. The SMILES string of the molecule is C=Cc1c([C@@H]2CO[C@](C)(C(F)(F)F)[C@H]2C)ccc(F)c1F. The molecule has 116 valence electrons. The van der Waals surface area contributed by atoms with Gasteiger partial charge in [-0.15, -0.1) is 0 Å². The summed E-state index contributed by atoms with van der Waals surface area (Å²) >= 11 is 0. The zero-order valence-electron chi connectivity index (χ0n) is 11.6. The van der Waals surface area contributed by atoms with E-state index >= 15 is 0 Å². The molecule has 1 fully saturated rings. The third kappa shape index (κ3) is 2.35. The molecule has 1 aliphatic heterocycles. The molecule has 0 aromatic heterocycles. The number of hydrogen-bond acceptors (Lipinski definition) is 1. The van der Waals surface area contributed by atoms with Crippen molar-refractivity contribution < 1.29 is 26.7 Å². The van der Waals surface area contributed by atoms with E-state index in [0.29, 0.717) is 0 Å². The lowest BCUT2D eigenvalue weighted by molar-refractivity contribution is -0.266. The lowest BCUT2D eigenvalue weighted by atomic mass is 9.78. The summed E-state index contributed by atoms with van der Waals surface area (Å²) in [6.45, 7) is 5.58. The van der Waals surface area contributed by atoms with Crippen molar-refractivity contribution in [3.05, 3.63) is 41.5 Å². The van der Waals surface area contributed by atoms with Gasteiger partial charge in [-0.25, -0.2) is 8.78 Å². The summed E-state index contributed by atoms with van der Waals surface area (Å²) < 4.78 is 71.4. The normalized spacial score (nSPS) is 29.7. The van der Waals surface area contributed by atoms with Gasteiger partial charge in [0, 0.05) is 17.4 Å². The fraction of sp³-hybridized carbons (Fsp3) is 0.467. The number of ether oxygens (including phenoxy) is 1. The second kappa shape index (κ2) is 5.09. The number of rotatable bonds is 2. The van der Waals surface area contributed by atoms with Crippen LogP contribution in [0.3, 0.4) is 0 Å². The zero-order valence-corrected chi connectivity index (χ0v) is 11.6. The average molecular weight is 306 g/mol. The number of halogens is 5. The third-order valence-corrected chi connectivity index (χ3v) is 4.37. The molecule has 0 bridgehead atoms. The summed E-state index contributed by atoms with van der Waals surface area (Å²) in [5, 5.41) is 0. The Morgan fingerprint density at radius 3 is 2.43 bits per heavy atom. The first-order valence-electron chi connectivity index (χ1n) is 6.44. The first kappa shape index (κ1) is 15.9. The Morgan fingerprint density at radius 1 is 1.33 bits per heavy atom. The van der Waals surface area contributed by atoms with Gasteiger partial charge in [0.05, 0.1) is 6.61 Å². The Labute approximate surface area is 119 Å². The molecule has 0 unspecified atom stereocenters. The maximum Gasteiger partial charge on any atom is 0.417 e. The molecule has 1 saturated heterocycles. The maximum atomic E-state index is 13.8. The van der Waals surface area contributed by atoms with Crippen LogP contribution in [0.4, 0.5) is 22.0 Å². The summed E-state index contributed by atoms with van der Waals surface area (Å²) in [4.78, 5) is 0. The number of alkyl halides is 3. The van der Waals surface area contributed by atoms with E-state index in [1.54, 1.807) is 0 Å². The van der Waals surface area contributed by atoms with Crippen molar-refractivity contribution in [3.63, 3.8) is 0 Å². The topological polar surface area (TPSA) is 9.23 Å². The molecule has 0 N–H and O–H groups in total. The van der Waals surface area contributed by atoms with Gasteiger partial charge in [0.25, 0.3) is 0 Å². The molecule has 3 atom stereocenters. The molecule has 6 heteroatoms. The predicted molar refractivity (Wildman–Crippen MR) is 68.8 cm³/mol. The summed E-state index contributed by atoms with van der Waals surface area (Å²) in [5.41, 5.74) is -2.13. The second-order valence-electron chi connectivity index (χ2n) is 5.38. The first-order valence-corrected chi connectivity index (χ1v) is 6.44. The van der Waals surface area contributed by atoms with Crippen molar-refractivity contribution in [1.82, 2.24) is 0 Å². The van der Waals surface area contributed by atoms with Gasteiger partial charge < -0.3 is 4.74 Å². The van der Waals surface area contributed by atoms with Gasteiger partial charge >= 0.3 is 6.18 Å². The molecule has 0 amide bonds. The van der Waals surface area contributed by atoms with Gasteiger partial charge in [0.15, 0.2) is 17.2 Å². The third-order valence-electron chi connectivity index (χ3n) is 4.37. The minimum Gasteiger partial charge on any atom is -0.365 e. The fourth-order valence-corrected chi connectivity index (χ4v) is 2.73. The predicted octanol–water partition coefficient (Wildman–Crippen LogP) is 4.68. The highest BCUT2D eigenvalue weighted by molar-refractivity contribution is 5.54. The van der Waals surface area contributed by atoms with Crippen LogP contribution in [0.15, 0.2) is 18.7 Å². The monoisotopic (exact) mass is 306 g/mol. The lowest BCUT2D eigenvalue weighted by Gasteiger charge is -2.32. The Balaban J connectivity index is 2.47. The van der Waals surface area contributed by atoms with Crippen LogP contribution in [-0.4, -0.2) is 18.4 Å². The van der Waals surface area contributed by atoms with Crippen LogP contribution < -0.4 is 0 Å². The molecule has 1 aromatic carbocycles. The Morgan fingerprint density at radius 2 is 1.95 bits per heavy atom. The second-order valence-corrected chi connectivity index (χ2v) is 5.38. The molecule has 2 rings (SSSR count). The highest BCUT2D eigenvalue weighted by atomic mass is 19.4. The summed E-state index contributed by atoms with van der Waals surface area (Å²) in [6, 6.07) is 2.20. The van der Waals surface area contributed by atoms with Crippen molar-refractivity contribution in [2.75, 3.05) is 6.61 Å². The molecule has 1 aliphatic rings. The van der Waals surface area contributed by atoms with Crippen LogP contribution >= 0.6 is 0 Å². The minimum absolute atomic E-state index is 0.109. The maximum absolute atomic E-state index is 13.8. The van der Waals surface area contributed by atoms with Crippen LogP contribution in [0.25, 0.3) is 6.08 Å². The van der Waals surface area contributed by atoms with Crippen molar-refractivity contribution in [1.29, 1.82) is 0 Å². The molecule has 0 saturated carbocycles. The molecule has 1 heterocycles. The van der Waals surface area contributed by atoms with E-state index in [4.69, 9.17) is 4.74 Å². The van der Waals surface area contributed by atoms with Crippen LogP contribution in [0.5, 0.6) is 0 Å². The van der Waals surface area contributed by atoms with E-state index in [2.05, 4.69) is 6.58 Å². The van der Waals surface area contributed by atoms with Crippen molar-refractivity contribution in [2.24, 2.45) is 5.92 Å². The molecular formula is C15H15F5O. The van der Waals surface area contributed by atoms with Crippen LogP contribution in [0.2, 0.25) is 0 Å². The van der Waals surface area contributed by atoms with Crippen molar-refractivity contribution in [3.8, 4) is 0 Å². The molecule has 0 radical (unpaired) electrons. The summed E-state index contributed by atoms with van der Waals surface area (Å²) in [6.07, 6.45) is -3.42. The molecule has 0 aliphatic carbocycles. The number of hydrogen-bond donors (Lipinski definition) is 0. The van der Waals surface area contributed by atoms with Crippen molar-refractivity contribution >= 4 is 6.08 Å². The van der Waals surface area contributed by atoms with Crippen LogP contribution in [-0.2, 0) is 4.74 Å². The van der Waals surface area contributed by atoms with E-state index in [1.165, 1.54) is 13.0 Å². The molecule has 0 spiro atoms. The van der Waals surface area contributed by atoms with Gasteiger partial charge in [0.1, 0.15) is 0 Å². The highest BCUT2D eigenvalue weighted by Gasteiger charge is 2.61. The van der Waals surface area contributed by atoms with Gasteiger partial charge in [0.2, 0.25) is 0 Å². The van der Waals surface area contributed by atoms with Crippen LogP contribution in [0.1, 0.15) is 30.9 Å². The Kier molecular flexibility index (Phi) is 3.86. The van der Waals surface area contributed by atoms with E-state index in [9.17, 15) is 22.0 Å². The quantitative estimate of drug-likeness (QED) is 0.721. The Hall–Kier alpha value is -1.43. The fourth-order valence-electron chi connectivity index (χ4n) is 2.73.